The lowest BCUT2D eigenvalue weighted by Crippen LogP contribution is -2.13. The monoisotopic (exact) mass is 1140 g/mol. The number of carbonyl (C=O) groups is 4. The molecule has 23 heteroatoms. The van der Waals surface area contributed by atoms with E-state index in [-0.39, 0.29) is 55.3 Å². The van der Waals surface area contributed by atoms with E-state index >= 15 is 0 Å². The molecule has 0 fully saturated rings. The molecular formula is C61H49ClN12O10. The van der Waals surface area contributed by atoms with Gasteiger partial charge in [0.15, 0.2) is 37.0 Å². The van der Waals surface area contributed by atoms with Gasteiger partial charge >= 0.3 is 17.9 Å². The van der Waals surface area contributed by atoms with Crippen molar-refractivity contribution >= 4 is 90.3 Å². The molecule has 84 heavy (non-hydrogen) atoms. The zero-order valence-electron chi connectivity index (χ0n) is 45.0. The summed E-state index contributed by atoms with van der Waals surface area (Å²) in [5, 5.41) is 12.8. The van der Waals surface area contributed by atoms with Crippen LogP contribution in [0.15, 0.2) is 180 Å². The lowest BCUT2D eigenvalue weighted by atomic mass is 10.1. The molecule has 12 rings (SSSR count). The van der Waals surface area contributed by atoms with E-state index in [4.69, 9.17) is 30.9 Å². The molecule has 5 aromatic carbocycles. The standard InChI is InChI=1S/C16H13N3O2.C14H9N3O.C11H9ClN2O2.C11H10N2O3.C9H8N2O2/c1-11(20)21-10-15-18-13-7-3-2-6-12(13)16(19-15)14-8-4-5-9-17-14;18-9-13-16-11-6-2-1-5-10(11)14(17-13)12-7-3-4-8-15-12;1-7(15)16-6-10-13-9-5-3-2-4-8(9)11(12)14-10;1-7(14)16-6-10-12-9-5-3-2-4-8(9)11(15)13-10;12-5-8-10-7-4-2-1-3-6(7)9(13)11-8/h2-9H,10H2,1H3;1-9H;2-5H,6H2,1H3;2-5H,6H2,1H3,(H,12,13,15);1-4,12H,5H2,(H,10,11,13). The maximum absolute atomic E-state index is 11.6. The lowest BCUT2D eigenvalue weighted by Gasteiger charge is -2.08. The first kappa shape index (κ1) is 59.2. The third-order valence-corrected chi connectivity index (χ3v) is 11.8. The lowest BCUT2D eigenvalue weighted by molar-refractivity contribution is -0.143. The number of benzene rings is 5. The summed E-state index contributed by atoms with van der Waals surface area (Å²) in [6.45, 7) is 3.83. The number of para-hydroxylation sites is 5. The van der Waals surface area contributed by atoms with Crippen molar-refractivity contribution in [3.05, 3.63) is 225 Å². The number of rotatable bonds is 10. The number of aldehydes is 1. The van der Waals surface area contributed by atoms with Crippen LogP contribution in [0.4, 0.5) is 0 Å². The van der Waals surface area contributed by atoms with Gasteiger partial charge in [0.05, 0.1) is 49.7 Å². The van der Waals surface area contributed by atoms with Crippen molar-refractivity contribution in [2.45, 2.75) is 47.2 Å². The average molecular weight is 1150 g/mol. The van der Waals surface area contributed by atoms with Crippen LogP contribution in [0.1, 0.15) is 54.7 Å². The highest BCUT2D eigenvalue weighted by Crippen LogP contribution is 2.26. The molecule has 0 atom stereocenters. The second-order valence-electron chi connectivity index (χ2n) is 17.5. The minimum Gasteiger partial charge on any atom is -0.458 e. The van der Waals surface area contributed by atoms with Crippen molar-refractivity contribution in [2.75, 3.05) is 0 Å². The molecule has 0 aliphatic heterocycles. The van der Waals surface area contributed by atoms with Gasteiger partial charge in [-0.05, 0) is 72.8 Å². The van der Waals surface area contributed by atoms with Crippen molar-refractivity contribution in [2.24, 2.45) is 0 Å². The number of hydrogen-bond acceptors (Lipinski definition) is 20. The molecule has 0 radical (unpaired) electrons. The predicted molar refractivity (Wildman–Crippen MR) is 313 cm³/mol. The number of ether oxygens (including phenoxy) is 3. The van der Waals surface area contributed by atoms with Gasteiger partial charge in [-0.1, -0.05) is 96.5 Å². The van der Waals surface area contributed by atoms with Crippen molar-refractivity contribution in [3.8, 4) is 22.8 Å². The van der Waals surface area contributed by atoms with Crippen molar-refractivity contribution in [1.29, 1.82) is 0 Å². The number of carbonyl (C=O) groups excluding carboxylic acids is 4. The van der Waals surface area contributed by atoms with Gasteiger partial charge in [0.2, 0.25) is 0 Å². The smallest absolute Gasteiger partial charge is 0.303 e. The fraction of sp³-hybridized carbons (Fsp3) is 0.115. The maximum Gasteiger partial charge on any atom is 0.303 e. The van der Waals surface area contributed by atoms with E-state index in [0.717, 1.165) is 49.8 Å². The number of hydrogen-bond donors (Lipinski definition) is 3. The number of aromatic amines is 2. The molecule has 0 unspecified atom stereocenters. The molecule has 0 bridgehead atoms. The summed E-state index contributed by atoms with van der Waals surface area (Å²) in [6, 6.07) is 47.9. The normalized spacial score (nSPS) is 10.4. The van der Waals surface area contributed by atoms with Gasteiger partial charge in [-0.25, -0.2) is 39.9 Å². The Balaban J connectivity index is 0.000000138. The number of nitrogens with zero attached hydrogens (tertiary/aromatic N) is 10. The minimum atomic E-state index is -0.407. The zero-order chi connectivity index (χ0) is 59.4. The van der Waals surface area contributed by atoms with E-state index in [1.807, 2.05) is 109 Å². The molecule has 7 aromatic heterocycles. The van der Waals surface area contributed by atoms with Crippen molar-refractivity contribution in [3.63, 3.8) is 0 Å². The topological polar surface area (TPSA) is 311 Å². The highest BCUT2D eigenvalue weighted by atomic mass is 35.5. The summed E-state index contributed by atoms with van der Waals surface area (Å²) >= 11 is 5.99. The molecule has 0 saturated carbocycles. The fourth-order valence-corrected chi connectivity index (χ4v) is 8.05. The summed E-state index contributed by atoms with van der Waals surface area (Å²) < 4.78 is 14.6. The van der Waals surface area contributed by atoms with E-state index < -0.39 is 5.97 Å². The molecule has 0 aliphatic carbocycles. The Morgan fingerprint density at radius 3 is 1.30 bits per heavy atom. The minimum absolute atomic E-state index is 0.0184. The summed E-state index contributed by atoms with van der Waals surface area (Å²) in [5.74, 6) is 0.551. The molecule has 12 aromatic rings. The Morgan fingerprint density at radius 1 is 0.452 bits per heavy atom. The number of aliphatic hydroxyl groups excluding tert-OH is 1. The molecule has 3 N–H and O–H groups in total. The number of nitrogens with one attached hydrogen (secondary N) is 2. The molecule has 0 saturated heterocycles. The average Bonchev–Trinajstić information content (AvgIpc) is 3.67. The third kappa shape index (κ3) is 16.1. The van der Waals surface area contributed by atoms with E-state index in [0.29, 0.717) is 62.2 Å². The molecule has 420 valence electrons. The summed E-state index contributed by atoms with van der Waals surface area (Å²) in [4.78, 5) is 114. The van der Waals surface area contributed by atoms with Crippen LogP contribution in [0.3, 0.4) is 0 Å². The van der Waals surface area contributed by atoms with Gasteiger partial charge in [0.25, 0.3) is 11.1 Å². The fourth-order valence-electron chi connectivity index (χ4n) is 7.80. The molecule has 0 spiro atoms. The Hall–Kier alpha value is -11.0. The van der Waals surface area contributed by atoms with E-state index in [9.17, 15) is 28.8 Å². The largest absolute Gasteiger partial charge is 0.458 e. The van der Waals surface area contributed by atoms with Crippen molar-refractivity contribution in [1.82, 2.24) is 59.8 Å². The van der Waals surface area contributed by atoms with Crippen LogP contribution in [-0.4, -0.2) is 89.1 Å². The number of fused-ring (bicyclic) bond motifs is 5. The Bertz CT molecular complexity index is 4420. The first-order valence-corrected chi connectivity index (χ1v) is 25.8. The van der Waals surface area contributed by atoms with Crippen LogP contribution in [0.2, 0.25) is 5.15 Å². The summed E-state index contributed by atoms with van der Waals surface area (Å²) in [5.41, 5.74) is 5.97. The maximum atomic E-state index is 11.6. The first-order chi connectivity index (χ1) is 40.8. The summed E-state index contributed by atoms with van der Waals surface area (Å²) in [7, 11) is 0. The predicted octanol–water partition coefficient (Wildman–Crippen LogP) is 9.01. The number of halogens is 1. The highest BCUT2D eigenvalue weighted by molar-refractivity contribution is 6.34. The molecule has 0 amide bonds. The quantitative estimate of drug-likeness (QED) is 0.0497. The second-order valence-corrected chi connectivity index (χ2v) is 17.9. The van der Waals surface area contributed by atoms with E-state index in [1.165, 1.54) is 20.8 Å². The van der Waals surface area contributed by atoms with E-state index in [1.54, 1.807) is 60.9 Å². The Morgan fingerprint density at radius 2 is 0.833 bits per heavy atom. The van der Waals surface area contributed by atoms with Crippen LogP contribution in [0.5, 0.6) is 0 Å². The number of aliphatic hydroxyl groups is 1. The molecule has 7 heterocycles. The van der Waals surface area contributed by atoms with Gasteiger partial charge < -0.3 is 29.3 Å². The first-order valence-electron chi connectivity index (χ1n) is 25.4. The van der Waals surface area contributed by atoms with Gasteiger partial charge in [-0.3, -0.25) is 38.7 Å². The van der Waals surface area contributed by atoms with Crippen LogP contribution in [0, 0.1) is 0 Å². The van der Waals surface area contributed by atoms with Crippen LogP contribution in [0.25, 0.3) is 77.3 Å². The highest BCUT2D eigenvalue weighted by Gasteiger charge is 2.13. The van der Waals surface area contributed by atoms with Crippen LogP contribution in [-0.2, 0) is 55.0 Å². The van der Waals surface area contributed by atoms with Crippen LogP contribution < -0.4 is 11.1 Å². The molecule has 0 aliphatic rings. The van der Waals surface area contributed by atoms with Gasteiger partial charge in [-0.15, -0.1) is 0 Å². The third-order valence-electron chi connectivity index (χ3n) is 11.5. The van der Waals surface area contributed by atoms with Gasteiger partial charge in [0, 0.05) is 49.3 Å². The van der Waals surface area contributed by atoms with Crippen LogP contribution >= 0.6 is 11.6 Å². The van der Waals surface area contributed by atoms with Gasteiger partial charge in [0.1, 0.15) is 41.4 Å². The molecule has 22 nitrogen and oxygen atoms in total. The summed E-state index contributed by atoms with van der Waals surface area (Å²) in [6.07, 6.45) is 4.07. The second kappa shape index (κ2) is 29.0. The number of esters is 3. The number of H-pyrrole nitrogens is 2. The Kier molecular flexibility index (Phi) is 20.4. The van der Waals surface area contributed by atoms with Gasteiger partial charge in [-0.2, -0.15) is 0 Å². The number of aromatic nitrogens is 12. The SMILES string of the molecule is CC(=O)OCc1nc(-c2ccccn2)c2ccccc2n1.CC(=O)OCc1nc(Cl)c2ccccc2n1.CC(=O)OCc1nc2ccccc2c(=O)[nH]1.O=Cc1nc(-c2ccccn2)c2ccccc2n1.O=c1[nH]c(CO)nc2ccccc12. The van der Waals surface area contributed by atoms with Crippen molar-refractivity contribution < 1.29 is 38.5 Å². The zero-order valence-corrected chi connectivity index (χ0v) is 45.8. The number of pyridine rings is 2. The molecular weight excluding hydrogens is 1100 g/mol. The Labute approximate surface area is 481 Å². The van der Waals surface area contributed by atoms with E-state index in [2.05, 4.69) is 59.8 Å².